The average Bonchev–Trinajstić information content (AvgIpc) is 2.86. The van der Waals surface area contributed by atoms with Gasteiger partial charge in [0.2, 0.25) is 0 Å². The molecule has 0 saturated carbocycles. The van der Waals surface area contributed by atoms with Crippen molar-refractivity contribution in [2.24, 2.45) is 0 Å². The Morgan fingerprint density at radius 3 is 2.44 bits per heavy atom. The highest BCUT2D eigenvalue weighted by Gasteiger charge is 2.35. The second-order valence-corrected chi connectivity index (χ2v) is 5.91. The minimum absolute atomic E-state index is 0.240. The first-order chi connectivity index (χ1) is 12.1. The molecule has 5 heteroatoms. The van der Waals surface area contributed by atoms with Gasteiger partial charge in [-0.25, -0.2) is 0 Å². The van der Waals surface area contributed by atoms with E-state index in [0.29, 0.717) is 16.8 Å². The van der Waals surface area contributed by atoms with Gasteiger partial charge in [-0.1, -0.05) is 36.4 Å². The summed E-state index contributed by atoms with van der Waals surface area (Å²) in [6.07, 6.45) is 0. The SMILES string of the molecule is CN1C(=O)c2cccc(NC(=O)c3ccc4ccccc4c3)c2C1=O. The van der Waals surface area contributed by atoms with E-state index in [1.165, 1.54) is 7.05 Å². The van der Waals surface area contributed by atoms with Crippen molar-refractivity contribution >= 4 is 34.2 Å². The zero-order valence-electron chi connectivity index (χ0n) is 13.4. The number of nitrogens with zero attached hydrogens (tertiary/aromatic N) is 1. The molecule has 1 heterocycles. The van der Waals surface area contributed by atoms with Crippen LogP contribution in [0.5, 0.6) is 0 Å². The first kappa shape index (κ1) is 15.1. The summed E-state index contributed by atoms with van der Waals surface area (Å²) in [5.41, 5.74) is 1.38. The number of nitrogens with one attached hydrogen (secondary N) is 1. The quantitative estimate of drug-likeness (QED) is 0.733. The summed E-state index contributed by atoms with van der Waals surface area (Å²) in [6.45, 7) is 0. The fraction of sp³-hybridized carbons (Fsp3) is 0.0500. The summed E-state index contributed by atoms with van der Waals surface area (Å²) in [6, 6.07) is 18.0. The van der Waals surface area contributed by atoms with Gasteiger partial charge in [0.25, 0.3) is 17.7 Å². The summed E-state index contributed by atoms with van der Waals surface area (Å²) in [5.74, 6) is -1.09. The van der Waals surface area contributed by atoms with Crippen LogP contribution < -0.4 is 5.32 Å². The molecule has 1 N–H and O–H groups in total. The maximum atomic E-state index is 12.6. The highest BCUT2D eigenvalue weighted by Crippen LogP contribution is 2.29. The van der Waals surface area contributed by atoms with Crippen molar-refractivity contribution in [3.63, 3.8) is 0 Å². The third-order valence-corrected chi connectivity index (χ3v) is 4.38. The molecule has 0 atom stereocenters. The lowest BCUT2D eigenvalue weighted by molar-refractivity contribution is 0.0693. The number of carbonyl (C=O) groups is 3. The molecule has 0 bridgehead atoms. The number of fused-ring (bicyclic) bond motifs is 2. The van der Waals surface area contributed by atoms with Crippen molar-refractivity contribution in [1.82, 2.24) is 4.90 Å². The van der Waals surface area contributed by atoms with Crippen molar-refractivity contribution in [3.8, 4) is 0 Å². The molecule has 0 radical (unpaired) electrons. The summed E-state index contributed by atoms with van der Waals surface area (Å²) in [5, 5.41) is 4.76. The molecule has 5 nitrogen and oxygen atoms in total. The Morgan fingerprint density at radius 1 is 0.880 bits per heavy atom. The van der Waals surface area contributed by atoms with E-state index in [1.54, 1.807) is 30.3 Å². The van der Waals surface area contributed by atoms with Crippen LogP contribution in [0, 0.1) is 0 Å². The highest BCUT2D eigenvalue weighted by atomic mass is 16.2. The molecule has 0 aliphatic carbocycles. The molecule has 0 aromatic heterocycles. The third kappa shape index (κ3) is 2.37. The van der Waals surface area contributed by atoms with Gasteiger partial charge in [0.05, 0.1) is 16.8 Å². The van der Waals surface area contributed by atoms with Crippen LogP contribution in [-0.4, -0.2) is 29.7 Å². The zero-order valence-corrected chi connectivity index (χ0v) is 13.4. The lowest BCUT2D eigenvalue weighted by Crippen LogP contribution is -2.24. The molecule has 25 heavy (non-hydrogen) atoms. The number of imide groups is 1. The Balaban J connectivity index is 1.70. The van der Waals surface area contributed by atoms with E-state index in [-0.39, 0.29) is 17.4 Å². The summed E-state index contributed by atoms with van der Waals surface area (Å²) < 4.78 is 0. The number of amides is 3. The standard InChI is InChI=1S/C20H14N2O3/c1-22-19(24)15-7-4-8-16(17(15)20(22)25)21-18(23)14-10-9-12-5-2-3-6-13(12)11-14/h2-11H,1H3,(H,21,23). The minimum atomic E-state index is -0.408. The van der Waals surface area contributed by atoms with Crippen LogP contribution >= 0.6 is 0 Å². The zero-order chi connectivity index (χ0) is 17.6. The molecule has 122 valence electrons. The molecule has 0 spiro atoms. The van der Waals surface area contributed by atoms with E-state index >= 15 is 0 Å². The maximum Gasteiger partial charge on any atom is 0.263 e. The molecule has 3 aromatic carbocycles. The fourth-order valence-electron chi connectivity index (χ4n) is 3.03. The van der Waals surface area contributed by atoms with E-state index in [0.717, 1.165) is 15.7 Å². The predicted octanol–water partition coefficient (Wildman–Crippen LogP) is 3.32. The summed E-state index contributed by atoms with van der Waals surface area (Å²) in [4.78, 5) is 38.0. The Hall–Kier alpha value is -3.47. The Kier molecular flexibility index (Phi) is 3.35. The summed E-state index contributed by atoms with van der Waals surface area (Å²) >= 11 is 0. The van der Waals surface area contributed by atoms with Gasteiger partial charge < -0.3 is 5.32 Å². The Labute approximate surface area is 143 Å². The van der Waals surface area contributed by atoms with Gasteiger partial charge in [-0.3, -0.25) is 19.3 Å². The number of hydrogen-bond acceptors (Lipinski definition) is 3. The van der Waals surface area contributed by atoms with Crippen LogP contribution in [0.2, 0.25) is 0 Å². The highest BCUT2D eigenvalue weighted by molar-refractivity contribution is 6.24. The van der Waals surface area contributed by atoms with Crippen LogP contribution in [0.15, 0.2) is 60.7 Å². The first-order valence-electron chi connectivity index (χ1n) is 7.82. The topological polar surface area (TPSA) is 66.5 Å². The van der Waals surface area contributed by atoms with E-state index in [2.05, 4.69) is 5.32 Å². The average molecular weight is 330 g/mol. The number of rotatable bonds is 2. The molecule has 3 aromatic rings. The van der Waals surface area contributed by atoms with Crippen LogP contribution in [0.1, 0.15) is 31.1 Å². The Morgan fingerprint density at radius 2 is 1.64 bits per heavy atom. The molecule has 4 rings (SSSR count). The van der Waals surface area contributed by atoms with Crippen molar-refractivity contribution in [2.75, 3.05) is 12.4 Å². The molecule has 0 unspecified atom stereocenters. The monoisotopic (exact) mass is 330 g/mol. The van der Waals surface area contributed by atoms with Crippen LogP contribution in [0.25, 0.3) is 10.8 Å². The van der Waals surface area contributed by atoms with E-state index in [1.807, 2.05) is 30.3 Å². The molecule has 0 saturated heterocycles. The number of benzene rings is 3. The van der Waals surface area contributed by atoms with Gasteiger partial charge in [0.1, 0.15) is 0 Å². The molecule has 1 aliphatic heterocycles. The lowest BCUT2D eigenvalue weighted by Gasteiger charge is -2.09. The molecular weight excluding hydrogens is 316 g/mol. The van der Waals surface area contributed by atoms with Gasteiger partial charge in [0.15, 0.2) is 0 Å². The maximum absolute atomic E-state index is 12.6. The smallest absolute Gasteiger partial charge is 0.263 e. The van der Waals surface area contributed by atoms with E-state index in [4.69, 9.17) is 0 Å². The molecular formula is C20H14N2O3. The van der Waals surface area contributed by atoms with Crippen LogP contribution in [0.4, 0.5) is 5.69 Å². The van der Waals surface area contributed by atoms with Gasteiger partial charge in [-0.2, -0.15) is 0 Å². The van der Waals surface area contributed by atoms with E-state index < -0.39 is 5.91 Å². The van der Waals surface area contributed by atoms with Crippen molar-refractivity contribution in [2.45, 2.75) is 0 Å². The second-order valence-electron chi connectivity index (χ2n) is 5.91. The van der Waals surface area contributed by atoms with Gasteiger partial charge in [0, 0.05) is 12.6 Å². The van der Waals surface area contributed by atoms with Crippen molar-refractivity contribution in [3.05, 3.63) is 77.4 Å². The number of anilines is 1. The van der Waals surface area contributed by atoms with Crippen LogP contribution in [0.3, 0.4) is 0 Å². The predicted molar refractivity (Wildman–Crippen MR) is 94.8 cm³/mol. The fourth-order valence-corrected chi connectivity index (χ4v) is 3.03. The largest absolute Gasteiger partial charge is 0.321 e. The number of hydrogen-bond donors (Lipinski definition) is 1. The molecule has 0 fully saturated rings. The summed E-state index contributed by atoms with van der Waals surface area (Å²) in [7, 11) is 1.43. The molecule has 1 aliphatic rings. The second kappa shape index (κ2) is 5.56. The van der Waals surface area contributed by atoms with E-state index in [9.17, 15) is 14.4 Å². The number of carbonyl (C=O) groups excluding carboxylic acids is 3. The van der Waals surface area contributed by atoms with Gasteiger partial charge in [-0.05, 0) is 35.0 Å². The third-order valence-electron chi connectivity index (χ3n) is 4.38. The molecule has 3 amide bonds. The van der Waals surface area contributed by atoms with Crippen LogP contribution in [-0.2, 0) is 0 Å². The van der Waals surface area contributed by atoms with Crippen molar-refractivity contribution in [1.29, 1.82) is 0 Å². The van der Waals surface area contributed by atoms with Crippen molar-refractivity contribution < 1.29 is 14.4 Å². The Bertz CT molecular complexity index is 1060. The first-order valence-corrected chi connectivity index (χ1v) is 7.82. The van der Waals surface area contributed by atoms with Gasteiger partial charge >= 0.3 is 0 Å². The normalized spacial score (nSPS) is 13.2. The lowest BCUT2D eigenvalue weighted by atomic mass is 10.1. The van der Waals surface area contributed by atoms with Gasteiger partial charge in [-0.15, -0.1) is 0 Å². The minimum Gasteiger partial charge on any atom is -0.321 e.